The van der Waals surface area contributed by atoms with Crippen LogP contribution in [0.25, 0.3) is 0 Å². The summed E-state index contributed by atoms with van der Waals surface area (Å²) >= 11 is 0. The molecule has 0 bridgehead atoms. The summed E-state index contributed by atoms with van der Waals surface area (Å²) in [6, 6.07) is 0. The normalized spacial score (nSPS) is 12.5. The van der Waals surface area contributed by atoms with E-state index in [4.69, 9.17) is 37.6 Å². The average Bonchev–Trinajstić information content (AvgIpc) is 2.62. The van der Waals surface area contributed by atoms with E-state index in [-0.39, 0.29) is 13.2 Å². The minimum Gasteiger partial charge on any atom is -0.396 e. The van der Waals surface area contributed by atoms with Crippen molar-refractivity contribution in [3.05, 3.63) is 0 Å². The Balaban J connectivity index is 0. The van der Waals surface area contributed by atoms with Crippen LogP contribution in [0.2, 0.25) is 0 Å². The second kappa shape index (κ2) is 23.0. The predicted octanol–water partition coefficient (Wildman–Crippen LogP) is 3.16. The van der Waals surface area contributed by atoms with Crippen molar-refractivity contribution < 1.29 is 37.6 Å². The molecule has 0 saturated heterocycles. The molecule has 0 aliphatic heterocycles. The lowest BCUT2D eigenvalue weighted by Crippen LogP contribution is -2.19. The Morgan fingerprint density at radius 3 is 1.29 bits per heavy atom. The molecule has 1 unspecified atom stereocenters. The van der Waals surface area contributed by atoms with Gasteiger partial charge in [-0.2, -0.15) is 8.42 Å². The zero-order valence-electron chi connectivity index (χ0n) is 17.2. The Morgan fingerprint density at radius 2 is 0.964 bits per heavy atom. The van der Waals surface area contributed by atoms with E-state index >= 15 is 0 Å². The summed E-state index contributed by atoms with van der Waals surface area (Å²) in [6.07, 6.45) is 17.1. The molecule has 1 atom stereocenters. The molecule has 0 aromatic heterocycles. The van der Waals surface area contributed by atoms with Crippen LogP contribution in [0.15, 0.2) is 0 Å². The summed E-state index contributed by atoms with van der Waals surface area (Å²) in [4.78, 5) is 0. The summed E-state index contributed by atoms with van der Waals surface area (Å²) in [5, 5.41) is 26.4. The Labute approximate surface area is 170 Å². The maximum atomic E-state index is 9.10. The first-order chi connectivity index (χ1) is 13.3. The van der Waals surface area contributed by atoms with Crippen molar-refractivity contribution in [3.63, 3.8) is 0 Å². The number of ether oxygens (including phenoxy) is 1. The predicted molar refractivity (Wildman–Crippen MR) is 110 cm³/mol. The molecular weight excluding hydrogens is 388 g/mol. The third kappa shape index (κ3) is 36.6. The minimum atomic E-state index is -4.67. The van der Waals surface area contributed by atoms with E-state index in [9.17, 15) is 0 Å². The molecule has 0 spiro atoms. The summed E-state index contributed by atoms with van der Waals surface area (Å²) in [5.74, 6) is 0. The van der Waals surface area contributed by atoms with Crippen molar-refractivity contribution in [3.8, 4) is 0 Å². The highest BCUT2D eigenvalue weighted by Crippen LogP contribution is 2.12. The van der Waals surface area contributed by atoms with E-state index in [1.807, 2.05) is 0 Å². The Morgan fingerprint density at radius 1 is 0.643 bits per heavy atom. The van der Waals surface area contributed by atoms with Crippen LogP contribution in [0, 0.1) is 0 Å². The van der Waals surface area contributed by atoms with Crippen molar-refractivity contribution in [1.29, 1.82) is 0 Å². The monoisotopic (exact) mass is 430 g/mol. The van der Waals surface area contributed by atoms with Crippen LogP contribution in [0.3, 0.4) is 0 Å². The fraction of sp³-hybridized carbons (Fsp3) is 1.00. The molecule has 8 nitrogen and oxygen atoms in total. The zero-order valence-corrected chi connectivity index (χ0v) is 18.0. The van der Waals surface area contributed by atoms with Crippen LogP contribution >= 0.6 is 0 Å². The van der Waals surface area contributed by atoms with E-state index in [1.165, 1.54) is 77.0 Å². The van der Waals surface area contributed by atoms with Gasteiger partial charge in [0.05, 0.1) is 13.2 Å². The van der Waals surface area contributed by atoms with Crippen LogP contribution in [0.5, 0.6) is 0 Å². The number of unbranched alkanes of at least 4 members (excludes halogenated alkanes) is 13. The molecular formula is C19H42O8S. The van der Waals surface area contributed by atoms with Gasteiger partial charge >= 0.3 is 10.4 Å². The molecule has 9 heteroatoms. The van der Waals surface area contributed by atoms with Gasteiger partial charge in [0.15, 0.2) is 0 Å². The SMILES string of the molecule is O=S(=O)(O)O.OCCCCCCCCCCCCCCCCOCC(O)CO. The lowest BCUT2D eigenvalue weighted by atomic mass is 10.0. The van der Waals surface area contributed by atoms with E-state index in [0.717, 1.165) is 12.8 Å². The van der Waals surface area contributed by atoms with Crippen LogP contribution in [0.1, 0.15) is 89.9 Å². The first-order valence-electron chi connectivity index (χ1n) is 10.5. The van der Waals surface area contributed by atoms with Crippen LogP contribution in [-0.4, -0.2) is 65.4 Å². The maximum absolute atomic E-state index is 9.10. The largest absolute Gasteiger partial charge is 0.396 e. The van der Waals surface area contributed by atoms with E-state index < -0.39 is 16.5 Å². The van der Waals surface area contributed by atoms with Gasteiger partial charge in [-0.15, -0.1) is 0 Å². The molecule has 0 rings (SSSR count). The molecule has 0 heterocycles. The van der Waals surface area contributed by atoms with Gasteiger partial charge in [-0.3, -0.25) is 9.11 Å². The van der Waals surface area contributed by atoms with Gasteiger partial charge in [0.25, 0.3) is 0 Å². The van der Waals surface area contributed by atoms with Gasteiger partial charge in [0.2, 0.25) is 0 Å². The quantitative estimate of drug-likeness (QED) is 0.155. The fourth-order valence-corrected chi connectivity index (χ4v) is 2.71. The molecule has 0 fully saturated rings. The van der Waals surface area contributed by atoms with Gasteiger partial charge < -0.3 is 20.1 Å². The van der Waals surface area contributed by atoms with E-state index in [1.54, 1.807) is 0 Å². The molecule has 0 saturated carbocycles. The summed E-state index contributed by atoms with van der Waals surface area (Å²) < 4.78 is 36.9. The summed E-state index contributed by atoms with van der Waals surface area (Å²) in [7, 11) is -4.67. The second-order valence-electron chi connectivity index (χ2n) is 7.03. The molecule has 5 N–H and O–H groups in total. The molecule has 0 amide bonds. The first kappa shape index (κ1) is 29.9. The van der Waals surface area contributed by atoms with Crippen molar-refractivity contribution in [1.82, 2.24) is 0 Å². The molecule has 172 valence electrons. The lowest BCUT2D eigenvalue weighted by Gasteiger charge is -2.08. The number of rotatable bonds is 19. The van der Waals surface area contributed by atoms with E-state index in [0.29, 0.717) is 13.2 Å². The van der Waals surface area contributed by atoms with Crippen LogP contribution in [-0.2, 0) is 15.1 Å². The van der Waals surface area contributed by atoms with Gasteiger partial charge in [0, 0.05) is 13.2 Å². The Hall–Kier alpha value is -0.290. The number of hydrogen-bond donors (Lipinski definition) is 5. The number of aliphatic hydroxyl groups excluding tert-OH is 3. The summed E-state index contributed by atoms with van der Waals surface area (Å²) in [5.41, 5.74) is 0. The molecule has 0 aliphatic rings. The minimum absolute atomic E-state index is 0.219. The topological polar surface area (TPSA) is 145 Å². The average molecular weight is 431 g/mol. The van der Waals surface area contributed by atoms with Gasteiger partial charge in [-0.25, -0.2) is 0 Å². The van der Waals surface area contributed by atoms with Crippen LogP contribution in [0.4, 0.5) is 0 Å². The van der Waals surface area contributed by atoms with Crippen molar-refractivity contribution in [2.24, 2.45) is 0 Å². The first-order valence-corrected chi connectivity index (χ1v) is 11.9. The number of aliphatic hydroxyl groups is 3. The number of hydrogen-bond acceptors (Lipinski definition) is 6. The lowest BCUT2D eigenvalue weighted by molar-refractivity contribution is 0.00526. The summed E-state index contributed by atoms with van der Waals surface area (Å²) in [6.45, 7) is 1.07. The van der Waals surface area contributed by atoms with Crippen molar-refractivity contribution in [2.45, 2.75) is 96.0 Å². The standard InChI is InChI=1S/C19H40O4.H2O4S/c20-15-13-11-9-7-5-3-1-2-4-6-8-10-12-14-16-23-18-19(22)17-21;1-5(2,3)4/h19-22H,1-18H2;(H2,1,2,3,4). The second-order valence-corrected chi connectivity index (χ2v) is 7.93. The van der Waals surface area contributed by atoms with Gasteiger partial charge in [0.1, 0.15) is 6.10 Å². The van der Waals surface area contributed by atoms with Crippen LogP contribution < -0.4 is 0 Å². The molecule has 0 aromatic rings. The molecule has 0 radical (unpaired) electrons. The molecule has 0 aromatic carbocycles. The smallest absolute Gasteiger partial charge is 0.394 e. The third-order valence-electron chi connectivity index (χ3n) is 4.22. The Bertz CT molecular complexity index is 381. The zero-order chi connectivity index (χ0) is 21.5. The maximum Gasteiger partial charge on any atom is 0.394 e. The highest BCUT2D eigenvalue weighted by Gasteiger charge is 2.00. The fourth-order valence-electron chi connectivity index (χ4n) is 2.71. The third-order valence-corrected chi connectivity index (χ3v) is 4.22. The van der Waals surface area contributed by atoms with E-state index in [2.05, 4.69) is 0 Å². The van der Waals surface area contributed by atoms with Gasteiger partial charge in [-0.1, -0.05) is 77.0 Å². The van der Waals surface area contributed by atoms with Crippen molar-refractivity contribution in [2.75, 3.05) is 26.4 Å². The molecule has 0 aliphatic carbocycles. The highest BCUT2D eigenvalue weighted by molar-refractivity contribution is 7.79. The van der Waals surface area contributed by atoms with Crippen molar-refractivity contribution >= 4 is 10.4 Å². The highest BCUT2D eigenvalue weighted by atomic mass is 32.3. The van der Waals surface area contributed by atoms with Gasteiger partial charge in [-0.05, 0) is 12.8 Å². The molecule has 28 heavy (non-hydrogen) atoms. The Kier molecular flexibility index (Phi) is 24.6.